The lowest BCUT2D eigenvalue weighted by molar-refractivity contribution is -0.0517. The monoisotopic (exact) mass is 294 g/mol. The van der Waals surface area contributed by atoms with E-state index in [1.54, 1.807) is 0 Å². The van der Waals surface area contributed by atoms with E-state index in [0.717, 1.165) is 19.4 Å². The minimum atomic E-state index is 0.0369. The Morgan fingerprint density at radius 1 is 1.35 bits per heavy atom. The Kier molecular flexibility index (Phi) is 4.16. The summed E-state index contributed by atoms with van der Waals surface area (Å²) in [5.41, 5.74) is 1.41. The summed E-state index contributed by atoms with van der Waals surface area (Å²) in [6.45, 7) is 5.35. The van der Waals surface area contributed by atoms with Crippen LogP contribution in [-0.4, -0.2) is 24.7 Å². The van der Waals surface area contributed by atoms with Crippen molar-refractivity contribution in [3.63, 3.8) is 0 Å². The lowest BCUT2D eigenvalue weighted by Crippen LogP contribution is -2.49. The number of ether oxygens (including phenoxy) is 1. The summed E-state index contributed by atoms with van der Waals surface area (Å²) in [7, 11) is 2.09. The van der Waals surface area contributed by atoms with Gasteiger partial charge < -0.3 is 10.1 Å². The maximum atomic E-state index is 5.96. The third-order valence-corrected chi connectivity index (χ3v) is 6.25. The molecule has 2 unspecified atom stereocenters. The molecule has 2 heterocycles. The Labute approximate surface area is 126 Å². The number of thiazole rings is 1. The maximum Gasteiger partial charge on any atom is 0.113 e. The third-order valence-electron chi connectivity index (χ3n) is 4.89. The number of rotatable bonds is 3. The zero-order valence-electron chi connectivity index (χ0n) is 12.9. The third kappa shape index (κ3) is 2.53. The molecule has 2 atom stereocenters. The van der Waals surface area contributed by atoms with Crippen LogP contribution in [0.5, 0.6) is 0 Å². The van der Waals surface area contributed by atoms with Gasteiger partial charge in [-0.1, -0.05) is 13.8 Å². The van der Waals surface area contributed by atoms with Gasteiger partial charge in [-0.25, -0.2) is 4.98 Å². The van der Waals surface area contributed by atoms with Gasteiger partial charge in [0.05, 0.1) is 17.3 Å². The molecular formula is C16H26N2OS. The predicted octanol–water partition coefficient (Wildman–Crippen LogP) is 3.27. The summed E-state index contributed by atoms with van der Waals surface area (Å²) in [5.74, 6) is 0.567. The molecule has 1 aliphatic carbocycles. The van der Waals surface area contributed by atoms with E-state index in [4.69, 9.17) is 9.72 Å². The van der Waals surface area contributed by atoms with Crippen LogP contribution >= 0.6 is 11.3 Å². The van der Waals surface area contributed by atoms with Gasteiger partial charge in [-0.2, -0.15) is 0 Å². The molecule has 0 spiro atoms. The van der Waals surface area contributed by atoms with Crippen LogP contribution in [0.15, 0.2) is 0 Å². The largest absolute Gasteiger partial charge is 0.378 e. The van der Waals surface area contributed by atoms with Gasteiger partial charge in [0.2, 0.25) is 0 Å². The number of aromatic nitrogens is 1. The number of hydrogen-bond acceptors (Lipinski definition) is 4. The number of aryl methyl sites for hydroxylation is 2. The van der Waals surface area contributed by atoms with Crippen LogP contribution in [0.1, 0.15) is 55.1 Å². The fourth-order valence-corrected chi connectivity index (χ4v) is 4.79. The van der Waals surface area contributed by atoms with E-state index in [1.165, 1.54) is 41.3 Å². The van der Waals surface area contributed by atoms with Gasteiger partial charge in [0.15, 0.2) is 0 Å². The van der Waals surface area contributed by atoms with E-state index in [9.17, 15) is 0 Å². The van der Waals surface area contributed by atoms with Gasteiger partial charge in [0.1, 0.15) is 5.01 Å². The molecule has 0 amide bonds. The Morgan fingerprint density at radius 3 is 2.85 bits per heavy atom. The Morgan fingerprint density at radius 2 is 2.15 bits per heavy atom. The fourth-order valence-electron chi connectivity index (χ4n) is 3.40. The number of hydrogen-bond donors (Lipinski definition) is 1. The van der Waals surface area contributed by atoms with Crippen LogP contribution in [0, 0.1) is 5.92 Å². The van der Waals surface area contributed by atoms with Crippen molar-refractivity contribution in [3.8, 4) is 0 Å². The highest BCUT2D eigenvalue weighted by molar-refractivity contribution is 7.11. The summed E-state index contributed by atoms with van der Waals surface area (Å²) in [4.78, 5) is 6.55. The highest BCUT2D eigenvalue weighted by Crippen LogP contribution is 2.40. The zero-order chi connectivity index (χ0) is 14.2. The predicted molar refractivity (Wildman–Crippen MR) is 83.3 cm³/mol. The molecule has 0 aromatic carbocycles. The summed E-state index contributed by atoms with van der Waals surface area (Å²) >= 11 is 1.95. The first-order valence-electron chi connectivity index (χ1n) is 7.94. The molecule has 1 aliphatic heterocycles. The summed E-state index contributed by atoms with van der Waals surface area (Å²) < 4.78 is 5.96. The summed E-state index contributed by atoms with van der Waals surface area (Å²) in [6, 6.07) is 0. The van der Waals surface area contributed by atoms with Crippen LogP contribution in [0.25, 0.3) is 0 Å². The lowest BCUT2D eigenvalue weighted by atomic mass is 9.83. The molecule has 20 heavy (non-hydrogen) atoms. The second-order valence-corrected chi connectivity index (χ2v) is 7.62. The van der Waals surface area contributed by atoms with Gasteiger partial charge in [-0.05, 0) is 51.5 Å². The smallest absolute Gasteiger partial charge is 0.113 e. The molecule has 0 saturated carbocycles. The highest BCUT2D eigenvalue weighted by Gasteiger charge is 2.41. The number of nitrogens with one attached hydrogen (secondary N) is 1. The van der Waals surface area contributed by atoms with Crippen molar-refractivity contribution in [2.45, 2.75) is 64.0 Å². The van der Waals surface area contributed by atoms with Crippen molar-refractivity contribution in [2.24, 2.45) is 5.92 Å². The van der Waals surface area contributed by atoms with Crippen LogP contribution < -0.4 is 5.32 Å². The first-order valence-corrected chi connectivity index (χ1v) is 8.76. The molecular weight excluding hydrogens is 268 g/mol. The van der Waals surface area contributed by atoms with Crippen molar-refractivity contribution < 1.29 is 4.74 Å². The van der Waals surface area contributed by atoms with Gasteiger partial charge in [0, 0.05) is 11.5 Å². The van der Waals surface area contributed by atoms with E-state index in [2.05, 4.69) is 26.2 Å². The Bertz CT molecular complexity index is 448. The molecule has 1 N–H and O–H groups in total. The van der Waals surface area contributed by atoms with Crippen LogP contribution in [-0.2, 0) is 23.1 Å². The second-order valence-electron chi connectivity index (χ2n) is 6.54. The summed E-state index contributed by atoms with van der Waals surface area (Å²) in [5, 5.41) is 4.90. The van der Waals surface area contributed by atoms with E-state index < -0.39 is 0 Å². The number of fused-ring (bicyclic) bond motifs is 1. The molecule has 1 aromatic heterocycles. The Balaban J connectivity index is 1.89. The van der Waals surface area contributed by atoms with Crippen LogP contribution in [0.4, 0.5) is 0 Å². The molecule has 112 valence electrons. The van der Waals surface area contributed by atoms with Crippen molar-refractivity contribution in [1.82, 2.24) is 10.3 Å². The molecule has 4 heteroatoms. The molecule has 0 radical (unpaired) electrons. The first-order chi connectivity index (χ1) is 9.64. The molecule has 1 aromatic rings. The molecule has 0 bridgehead atoms. The lowest BCUT2D eigenvalue weighted by Gasteiger charge is -2.41. The normalized spacial score (nSPS) is 30.5. The average Bonchev–Trinajstić information content (AvgIpc) is 2.91. The quantitative estimate of drug-likeness (QED) is 0.929. The molecule has 1 saturated heterocycles. The molecule has 2 aliphatic rings. The van der Waals surface area contributed by atoms with E-state index in [0.29, 0.717) is 12.0 Å². The van der Waals surface area contributed by atoms with Gasteiger partial charge in [0.25, 0.3) is 0 Å². The maximum absolute atomic E-state index is 5.96. The fraction of sp³-hybridized carbons (Fsp3) is 0.812. The van der Waals surface area contributed by atoms with E-state index in [-0.39, 0.29) is 5.54 Å². The average molecular weight is 294 g/mol. The van der Waals surface area contributed by atoms with Gasteiger partial charge in [-0.15, -0.1) is 11.3 Å². The van der Waals surface area contributed by atoms with E-state index >= 15 is 0 Å². The van der Waals surface area contributed by atoms with Crippen LogP contribution in [0.2, 0.25) is 0 Å². The van der Waals surface area contributed by atoms with Crippen molar-refractivity contribution in [3.05, 3.63) is 15.6 Å². The van der Waals surface area contributed by atoms with Crippen molar-refractivity contribution in [2.75, 3.05) is 13.7 Å². The van der Waals surface area contributed by atoms with Crippen molar-refractivity contribution in [1.29, 1.82) is 0 Å². The molecule has 3 nitrogen and oxygen atoms in total. The van der Waals surface area contributed by atoms with E-state index in [1.807, 2.05) is 11.3 Å². The highest BCUT2D eigenvalue weighted by atomic mass is 32.1. The Hall–Kier alpha value is -0.450. The second kappa shape index (κ2) is 5.74. The van der Waals surface area contributed by atoms with Gasteiger partial charge >= 0.3 is 0 Å². The van der Waals surface area contributed by atoms with Gasteiger partial charge in [-0.3, -0.25) is 0 Å². The van der Waals surface area contributed by atoms with Crippen molar-refractivity contribution >= 4 is 11.3 Å². The van der Waals surface area contributed by atoms with Crippen LogP contribution in [0.3, 0.4) is 0 Å². The molecule has 1 fully saturated rings. The summed E-state index contributed by atoms with van der Waals surface area (Å²) in [6.07, 6.45) is 7.48. The zero-order valence-corrected chi connectivity index (χ0v) is 13.7. The molecule has 3 rings (SSSR count). The number of nitrogens with zero attached hydrogens (tertiary/aromatic N) is 1. The topological polar surface area (TPSA) is 34.2 Å². The standard InChI is InChI=1S/C16H26N2OS/c1-11(2)13-10-16(17-3,8-9-19-13)15-18-12-6-4-5-7-14(12)20-15/h11,13,17H,4-10H2,1-3H3. The SMILES string of the molecule is CNC1(c2nc3c(s2)CCCC3)CCOC(C(C)C)C1. The minimum Gasteiger partial charge on any atom is -0.378 e. The minimum absolute atomic E-state index is 0.0369. The first kappa shape index (κ1) is 14.5.